The number of ether oxygens (including phenoxy) is 4. The molecule has 0 saturated carbocycles. The smallest absolute Gasteiger partial charge is 0.246 e. The lowest BCUT2D eigenvalue weighted by atomic mass is 9.97. The fraction of sp³-hybridized carbons (Fsp3) is 0.550. The number of carbonyl (C=O) groups is 1. The number of methoxy groups -OCH3 is 1. The van der Waals surface area contributed by atoms with Crippen LogP contribution in [0.25, 0.3) is 6.08 Å². The molecular formula is C20H26ClNO5. The summed E-state index contributed by atoms with van der Waals surface area (Å²) in [7, 11) is 1.55. The van der Waals surface area contributed by atoms with Crippen LogP contribution in [0, 0.1) is 5.92 Å². The van der Waals surface area contributed by atoms with E-state index >= 15 is 0 Å². The van der Waals surface area contributed by atoms with Crippen molar-refractivity contribution in [3.05, 3.63) is 28.8 Å². The predicted octanol–water partition coefficient (Wildman–Crippen LogP) is 3.37. The average Bonchev–Trinajstić information content (AvgIpc) is 3.21. The van der Waals surface area contributed by atoms with Gasteiger partial charge in [-0.25, -0.2) is 0 Å². The van der Waals surface area contributed by atoms with E-state index in [0.717, 1.165) is 24.9 Å². The van der Waals surface area contributed by atoms with E-state index in [1.807, 2.05) is 17.9 Å². The largest absolute Gasteiger partial charge is 0.491 e. The van der Waals surface area contributed by atoms with Gasteiger partial charge in [0, 0.05) is 25.1 Å². The molecular weight excluding hydrogens is 370 g/mol. The van der Waals surface area contributed by atoms with E-state index in [9.17, 15) is 4.79 Å². The third-order valence-electron chi connectivity index (χ3n) is 4.76. The third-order valence-corrected chi connectivity index (χ3v) is 5.04. The van der Waals surface area contributed by atoms with Gasteiger partial charge in [-0.05, 0) is 43.5 Å². The summed E-state index contributed by atoms with van der Waals surface area (Å²) in [5.41, 5.74) is 0.786. The van der Waals surface area contributed by atoms with Crippen LogP contribution in [0.1, 0.15) is 25.3 Å². The summed E-state index contributed by atoms with van der Waals surface area (Å²) >= 11 is 6.26. The molecule has 148 valence electrons. The molecule has 27 heavy (non-hydrogen) atoms. The predicted molar refractivity (Wildman–Crippen MR) is 103 cm³/mol. The van der Waals surface area contributed by atoms with E-state index < -0.39 is 0 Å². The molecule has 0 bridgehead atoms. The number of hydrogen-bond acceptors (Lipinski definition) is 5. The lowest BCUT2D eigenvalue weighted by molar-refractivity contribution is -0.134. The first kappa shape index (κ1) is 20.0. The molecule has 1 aromatic carbocycles. The SMILES string of the molecule is CCOc1cc(/C=C/C(=O)N2CCCC(C3OCCO3)C2)cc(Cl)c1OC. The molecule has 1 atom stereocenters. The van der Waals surface area contributed by atoms with E-state index in [-0.39, 0.29) is 18.1 Å². The van der Waals surface area contributed by atoms with Gasteiger partial charge in [0.25, 0.3) is 0 Å². The van der Waals surface area contributed by atoms with Crippen molar-refractivity contribution in [2.45, 2.75) is 26.1 Å². The van der Waals surface area contributed by atoms with Crippen molar-refractivity contribution in [1.29, 1.82) is 0 Å². The lowest BCUT2D eigenvalue weighted by Gasteiger charge is -2.34. The number of likely N-dealkylation sites (tertiary alicyclic amines) is 1. The van der Waals surface area contributed by atoms with Crippen molar-refractivity contribution in [2.24, 2.45) is 5.92 Å². The number of hydrogen-bond donors (Lipinski definition) is 0. The van der Waals surface area contributed by atoms with Gasteiger partial charge in [-0.15, -0.1) is 0 Å². The molecule has 0 radical (unpaired) electrons. The van der Waals surface area contributed by atoms with Crippen molar-refractivity contribution in [1.82, 2.24) is 4.90 Å². The molecule has 1 aromatic rings. The molecule has 1 amide bonds. The van der Waals surface area contributed by atoms with Crippen LogP contribution in [0.5, 0.6) is 11.5 Å². The van der Waals surface area contributed by atoms with Gasteiger partial charge in [0.1, 0.15) is 0 Å². The quantitative estimate of drug-likeness (QED) is 0.691. The highest BCUT2D eigenvalue weighted by Crippen LogP contribution is 2.36. The summed E-state index contributed by atoms with van der Waals surface area (Å²) in [5, 5.41) is 0.448. The Bertz CT molecular complexity index is 687. The second-order valence-corrected chi connectivity index (χ2v) is 7.00. The molecule has 2 saturated heterocycles. The van der Waals surface area contributed by atoms with E-state index in [4.69, 9.17) is 30.5 Å². The molecule has 2 aliphatic rings. The Morgan fingerprint density at radius 1 is 1.37 bits per heavy atom. The van der Waals surface area contributed by atoms with Crippen LogP contribution in [0.15, 0.2) is 18.2 Å². The number of nitrogens with zero attached hydrogens (tertiary/aromatic N) is 1. The maximum absolute atomic E-state index is 12.6. The van der Waals surface area contributed by atoms with Gasteiger partial charge >= 0.3 is 0 Å². The fourth-order valence-electron chi connectivity index (χ4n) is 3.50. The summed E-state index contributed by atoms with van der Waals surface area (Å²) in [6.45, 7) is 5.06. The first-order valence-corrected chi connectivity index (χ1v) is 9.70. The van der Waals surface area contributed by atoms with Crippen LogP contribution in [-0.2, 0) is 14.3 Å². The highest BCUT2D eigenvalue weighted by molar-refractivity contribution is 6.32. The highest BCUT2D eigenvalue weighted by atomic mass is 35.5. The van der Waals surface area contributed by atoms with Gasteiger partial charge in [-0.2, -0.15) is 0 Å². The molecule has 3 rings (SSSR count). The normalized spacial score (nSPS) is 21.0. The van der Waals surface area contributed by atoms with Crippen LogP contribution >= 0.6 is 11.6 Å². The number of amides is 1. The number of benzene rings is 1. The van der Waals surface area contributed by atoms with Crippen molar-refractivity contribution in [3.63, 3.8) is 0 Å². The Balaban J connectivity index is 1.67. The van der Waals surface area contributed by atoms with Gasteiger partial charge in [0.05, 0.1) is 32.0 Å². The maximum atomic E-state index is 12.6. The van der Waals surface area contributed by atoms with Crippen molar-refractivity contribution in [2.75, 3.05) is 40.0 Å². The summed E-state index contributed by atoms with van der Waals surface area (Å²) < 4.78 is 22.1. The summed E-state index contributed by atoms with van der Waals surface area (Å²) in [5.74, 6) is 1.27. The van der Waals surface area contributed by atoms with Crippen molar-refractivity contribution >= 4 is 23.6 Å². The molecule has 6 nitrogen and oxygen atoms in total. The van der Waals surface area contributed by atoms with Crippen LogP contribution in [0.3, 0.4) is 0 Å². The minimum Gasteiger partial charge on any atom is -0.491 e. The maximum Gasteiger partial charge on any atom is 0.246 e. The average molecular weight is 396 g/mol. The number of halogens is 1. The fourth-order valence-corrected chi connectivity index (χ4v) is 3.80. The Kier molecular flexibility index (Phi) is 6.99. The first-order valence-electron chi connectivity index (χ1n) is 9.33. The Labute approximate surface area is 165 Å². The van der Waals surface area contributed by atoms with E-state index in [0.29, 0.717) is 42.9 Å². The zero-order chi connectivity index (χ0) is 19.2. The van der Waals surface area contributed by atoms with E-state index in [2.05, 4.69) is 0 Å². The molecule has 2 fully saturated rings. The zero-order valence-electron chi connectivity index (χ0n) is 15.8. The molecule has 2 heterocycles. The van der Waals surface area contributed by atoms with Crippen LogP contribution in [-0.4, -0.2) is 57.1 Å². The number of carbonyl (C=O) groups excluding carboxylic acids is 1. The first-order chi connectivity index (χ1) is 13.1. The van der Waals surface area contributed by atoms with Gasteiger partial charge in [0.2, 0.25) is 5.91 Å². The monoisotopic (exact) mass is 395 g/mol. The molecule has 1 unspecified atom stereocenters. The van der Waals surface area contributed by atoms with Crippen molar-refractivity contribution in [3.8, 4) is 11.5 Å². The lowest BCUT2D eigenvalue weighted by Crippen LogP contribution is -2.43. The summed E-state index contributed by atoms with van der Waals surface area (Å²) in [4.78, 5) is 14.5. The van der Waals surface area contributed by atoms with Crippen LogP contribution in [0.2, 0.25) is 5.02 Å². The molecule has 2 aliphatic heterocycles. The minimum absolute atomic E-state index is 0.0254. The Morgan fingerprint density at radius 2 is 2.15 bits per heavy atom. The second-order valence-electron chi connectivity index (χ2n) is 6.60. The van der Waals surface area contributed by atoms with Gasteiger partial charge in [-0.1, -0.05) is 11.6 Å². The topological polar surface area (TPSA) is 57.2 Å². The zero-order valence-corrected chi connectivity index (χ0v) is 16.5. The highest BCUT2D eigenvalue weighted by Gasteiger charge is 2.32. The summed E-state index contributed by atoms with van der Waals surface area (Å²) in [6, 6.07) is 3.57. The molecule has 7 heteroatoms. The Hall–Kier alpha value is -1.76. The molecule has 0 N–H and O–H groups in total. The van der Waals surface area contributed by atoms with Crippen molar-refractivity contribution < 1.29 is 23.7 Å². The van der Waals surface area contributed by atoms with E-state index in [1.54, 1.807) is 25.3 Å². The standard InChI is InChI=1S/C20H26ClNO5/c1-3-25-17-12-14(11-16(21)19(17)24-2)6-7-18(23)22-8-4-5-15(13-22)20-26-9-10-27-20/h6-7,11-12,15,20H,3-5,8-10,13H2,1-2H3/b7-6+. The van der Waals surface area contributed by atoms with Crippen LogP contribution in [0.4, 0.5) is 0 Å². The van der Waals surface area contributed by atoms with Crippen LogP contribution < -0.4 is 9.47 Å². The Morgan fingerprint density at radius 3 is 2.85 bits per heavy atom. The molecule has 0 spiro atoms. The number of rotatable bonds is 6. The van der Waals surface area contributed by atoms with Gasteiger partial charge in [-0.3, -0.25) is 4.79 Å². The van der Waals surface area contributed by atoms with Gasteiger partial charge < -0.3 is 23.8 Å². The summed E-state index contributed by atoms with van der Waals surface area (Å²) in [6.07, 6.45) is 5.12. The molecule has 0 aromatic heterocycles. The number of piperidine rings is 1. The molecule has 0 aliphatic carbocycles. The van der Waals surface area contributed by atoms with E-state index in [1.165, 1.54) is 0 Å². The second kappa shape index (κ2) is 9.44. The minimum atomic E-state index is -0.182. The van der Waals surface area contributed by atoms with Gasteiger partial charge in [0.15, 0.2) is 17.8 Å². The third kappa shape index (κ3) is 4.94.